The number of rotatable bonds is 5. The number of halogens is 1. The van der Waals surface area contributed by atoms with Crippen LogP contribution in [0.25, 0.3) is 0 Å². The van der Waals surface area contributed by atoms with Crippen LogP contribution in [0.2, 0.25) is 0 Å². The number of aliphatic hydroxyl groups is 1. The summed E-state index contributed by atoms with van der Waals surface area (Å²) in [7, 11) is 0. The van der Waals surface area contributed by atoms with Crippen molar-refractivity contribution in [3.05, 3.63) is 65.5 Å². The Labute approximate surface area is 118 Å². The number of aliphatic hydroxyl groups excluding tert-OH is 1. The highest BCUT2D eigenvalue weighted by molar-refractivity contribution is 5.52. The third kappa shape index (κ3) is 2.83. The molecule has 0 saturated heterocycles. The van der Waals surface area contributed by atoms with Crippen LogP contribution in [0.3, 0.4) is 0 Å². The fourth-order valence-electron chi connectivity index (χ4n) is 2.54. The summed E-state index contributed by atoms with van der Waals surface area (Å²) in [4.78, 5) is 0. The van der Waals surface area contributed by atoms with Gasteiger partial charge in [0.25, 0.3) is 0 Å². The highest BCUT2D eigenvalue weighted by Crippen LogP contribution is 2.43. The van der Waals surface area contributed by atoms with Crippen LogP contribution in [-0.2, 0) is 6.61 Å². The number of para-hydroxylation sites is 1. The normalized spacial score (nSPS) is 15.9. The fourth-order valence-corrected chi connectivity index (χ4v) is 2.54. The average molecular weight is 271 g/mol. The van der Waals surface area contributed by atoms with Gasteiger partial charge in [0.1, 0.15) is 5.82 Å². The molecular weight excluding hydrogens is 253 g/mol. The molecule has 3 rings (SSSR count). The van der Waals surface area contributed by atoms with Gasteiger partial charge in [0, 0.05) is 11.3 Å². The van der Waals surface area contributed by atoms with E-state index in [4.69, 9.17) is 0 Å². The third-order valence-electron chi connectivity index (χ3n) is 3.82. The van der Waals surface area contributed by atoms with E-state index < -0.39 is 0 Å². The molecule has 0 spiro atoms. The van der Waals surface area contributed by atoms with E-state index in [1.54, 1.807) is 0 Å². The van der Waals surface area contributed by atoms with Gasteiger partial charge in [0.05, 0.1) is 12.6 Å². The average Bonchev–Trinajstić information content (AvgIpc) is 3.31. The SMILES string of the molecule is OCc1ccccc1NC(c1ccc(F)cc1)C1CC1. The van der Waals surface area contributed by atoms with Crippen LogP contribution in [-0.4, -0.2) is 5.11 Å². The van der Waals surface area contributed by atoms with E-state index >= 15 is 0 Å². The standard InChI is InChI=1S/C17H18FNO/c18-15-9-7-13(8-10-15)17(12-5-6-12)19-16-4-2-1-3-14(16)11-20/h1-4,7-10,12,17,19-20H,5-6,11H2. The van der Waals surface area contributed by atoms with Crippen molar-refractivity contribution >= 4 is 5.69 Å². The summed E-state index contributed by atoms with van der Waals surface area (Å²) < 4.78 is 13.1. The van der Waals surface area contributed by atoms with Crippen molar-refractivity contribution < 1.29 is 9.50 Å². The quantitative estimate of drug-likeness (QED) is 0.865. The summed E-state index contributed by atoms with van der Waals surface area (Å²) in [6.07, 6.45) is 2.38. The molecule has 2 aromatic carbocycles. The van der Waals surface area contributed by atoms with E-state index in [1.165, 1.54) is 25.0 Å². The second-order valence-corrected chi connectivity index (χ2v) is 5.33. The van der Waals surface area contributed by atoms with Gasteiger partial charge in [-0.2, -0.15) is 0 Å². The minimum Gasteiger partial charge on any atom is -0.392 e. The Kier molecular flexibility index (Phi) is 3.70. The molecule has 0 radical (unpaired) electrons. The van der Waals surface area contributed by atoms with Crippen molar-refractivity contribution in [2.75, 3.05) is 5.32 Å². The minimum atomic E-state index is -0.209. The van der Waals surface area contributed by atoms with E-state index in [0.29, 0.717) is 5.92 Å². The van der Waals surface area contributed by atoms with Gasteiger partial charge in [0.15, 0.2) is 0 Å². The lowest BCUT2D eigenvalue weighted by atomic mass is 10.0. The van der Waals surface area contributed by atoms with Crippen LogP contribution >= 0.6 is 0 Å². The second-order valence-electron chi connectivity index (χ2n) is 5.33. The van der Waals surface area contributed by atoms with E-state index in [9.17, 15) is 9.50 Å². The van der Waals surface area contributed by atoms with Gasteiger partial charge in [-0.25, -0.2) is 4.39 Å². The second kappa shape index (κ2) is 5.63. The maximum Gasteiger partial charge on any atom is 0.123 e. The van der Waals surface area contributed by atoms with Crippen LogP contribution in [0.15, 0.2) is 48.5 Å². The summed E-state index contributed by atoms with van der Waals surface area (Å²) in [5.74, 6) is 0.381. The summed E-state index contributed by atoms with van der Waals surface area (Å²) in [6.45, 7) is 0.0178. The molecule has 0 heterocycles. The van der Waals surface area contributed by atoms with Gasteiger partial charge in [-0.3, -0.25) is 0 Å². The molecule has 2 N–H and O–H groups in total. The van der Waals surface area contributed by atoms with E-state index in [2.05, 4.69) is 5.32 Å². The lowest BCUT2D eigenvalue weighted by Crippen LogP contribution is -2.14. The van der Waals surface area contributed by atoms with Crippen LogP contribution < -0.4 is 5.32 Å². The molecular formula is C17H18FNO. The van der Waals surface area contributed by atoms with Crippen LogP contribution in [0.1, 0.15) is 30.0 Å². The smallest absolute Gasteiger partial charge is 0.123 e. The zero-order valence-corrected chi connectivity index (χ0v) is 11.2. The fraction of sp³-hybridized carbons (Fsp3) is 0.294. The molecule has 0 bridgehead atoms. The Balaban J connectivity index is 1.86. The molecule has 2 nitrogen and oxygen atoms in total. The van der Waals surface area contributed by atoms with Gasteiger partial charge in [-0.1, -0.05) is 30.3 Å². The van der Waals surface area contributed by atoms with Gasteiger partial charge in [-0.15, -0.1) is 0 Å². The molecule has 0 aliphatic heterocycles. The van der Waals surface area contributed by atoms with Gasteiger partial charge in [-0.05, 0) is 42.5 Å². The molecule has 1 saturated carbocycles. The number of nitrogens with one attached hydrogen (secondary N) is 1. The Hall–Kier alpha value is -1.87. The van der Waals surface area contributed by atoms with Crippen molar-refractivity contribution in [1.29, 1.82) is 0 Å². The monoisotopic (exact) mass is 271 g/mol. The van der Waals surface area contributed by atoms with Gasteiger partial charge < -0.3 is 10.4 Å². The molecule has 1 aliphatic carbocycles. The number of hydrogen-bond acceptors (Lipinski definition) is 2. The largest absolute Gasteiger partial charge is 0.392 e. The molecule has 3 heteroatoms. The van der Waals surface area contributed by atoms with Crippen LogP contribution in [0.4, 0.5) is 10.1 Å². The summed E-state index contributed by atoms with van der Waals surface area (Å²) in [5.41, 5.74) is 2.94. The minimum absolute atomic E-state index is 0.0178. The molecule has 2 aromatic rings. The van der Waals surface area contributed by atoms with E-state index in [0.717, 1.165) is 16.8 Å². The molecule has 20 heavy (non-hydrogen) atoms. The van der Waals surface area contributed by atoms with E-state index in [-0.39, 0.29) is 18.5 Å². The van der Waals surface area contributed by atoms with E-state index in [1.807, 2.05) is 36.4 Å². The lowest BCUT2D eigenvalue weighted by molar-refractivity contribution is 0.282. The highest BCUT2D eigenvalue weighted by Gasteiger charge is 2.32. The van der Waals surface area contributed by atoms with Crippen LogP contribution in [0.5, 0.6) is 0 Å². The lowest BCUT2D eigenvalue weighted by Gasteiger charge is -2.21. The third-order valence-corrected chi connectivity index (χ3v) is 3.82. The molecule has 104 valence electrons. The Morgan fingerprint density at radius 2 is 1.80 bits per heavy atom. The van der Waals surface area contributed by atoms with Crippen LogP contribution in [0, 0.1) is 11.7 Å². The van der Waals surface area contributed by atoms with Crippen molar-refractivity contribution in [2.45, 2.75) is 25.5 Å². The maximum absolute atomic E-state index is 13.1. The zero-order valence-electron chi connectivity index (χ0n) is 11.2. The highest BCUT2D eigenvalue weighted by atomic mass is 19.1. The maximum atomic E-state index is 13.1. The number of hydrogen-bond donors (Lipinski definition) is 2. The molecule has 0 aromatic heterocycles. The number of benzene rings is 2. The predicted molar refractivity (Wildman–Crippen MR) is 77.9 cm³/mol. The zero-order chi connectivity index (χ0) is 13.9. The Morgan fingerprint density at radius 3 is 2.45 bits per heavy atom. The predicted octanol–water partition coefficient (Wildman–Crippen LogP) is 3.88. The Bertz CT molecular complexity index is 578. The first-order chi connectivity index (χ1) is 9.78. The Morgan fingerprint density at radius 1 is 1.10 bits per heavy atom. The first-order valence-corrected chi connectivity index (χ1v) is 6.98. The summed E-state index contributed by atoms with van der Waals surface area (Å²) >= 11 is 0. The number of anilines is 1. The summed E-state index contributed by atoms with van der Waals surface area (Å²) in [6, 6.07) is 14.6. The first kappa shape index (κ1) is 13.1. The van der Waals surface area contributed by atoms with Crippen molar-refractivity contribution in [3.63, 3.8) is 0 Å². The molecule has 1 aliphatic rings. The van der Waals surface area contributed by atoms with Crippen molar-refractivity contribution in [3.8, 4) is 0 Å². The first-order valence-electron chi connectivity index (χ1n) is 6.98. The molecule has 0 amide bonds. The van der Waals surface area contributed by atoms with Crippen molar-refractivity contribution in [2.24, 2.45) is 5.92 Å². The topological polar surface area (TPSA) is 32.3 Å². The van der Waals surface area contributed by atoms with Gasteiger partial charge in [0.2, 0.25) is 0 Å². The van der Waals surface area contributed by atoms with Crippen molar-refractivity contribution in [1.82, 2.24) is 0 Å². The van der Waals surface area contributed by atoms with Gasteiger partial charge >= 0.3 is 0 Å². The molecule has 1 unspecified atom stereocenters. The molecule has 1 atom stereocenters. The molecule has 1 fully saturated rings. The summed E-state index contributed by atoms with van der Waals surface area (Å²) in [5, 5.41) is 12.9.